The zero-order chi connectivity index (χ0) is 33.3. The number of hydrogen-bond acceptors (Lipinski definition) is 4. The molecule has 0 radical (unpaired) electrons. The van der Waals surface area contributed by atoms with Gasteiger partial charge in [-0.05, 0) is 65.7 Å². The standard InChI is InChI=1S/C34H34F4N6OS/c1-3-23(2)31(42-32(45)16-29-18-40-22-44(29)19-25-13-11-24(17-39)12-14-25)21-43(33(46)41-28-9-6-8-27(35)15-28)20-26-7-4-5-10-30(26)34(36,37)38/h4-15,18,22-23,31H,3,16,19-21H2,1-2H3,(H,41,46)(H,42,45)/t23-,31+/m0/s1. The van der Waals surface area contributed by atoms with Gasteiger partial charge in [0, 0.05) is 43.3 Å². The first kappa shape index (κ1) is 34.1. The van der Waals surface area contributed by atoms with Crippen LogP contribution < -0.4 is 10.6 Å². The van der Waals surface area contributed by atoms with Crippen LogP contribution >= 0.6 is 12.2 Å². The predicted molar refractivity (Wildman–Crippen MR) is 172 cm³/mol. The van der Waals surface area contributed by atoms with E-state index in [4.69, 9.17) is 17.5 Å². The number of amides is 1. The smallest absolute Gasteiger partial charge is 0.351 e. The van der Waals surface area contributed by atoms with E-state index in [2.05, 4.69) is 21.7 Å². The molecule has 2 atom stereocenters. The fourth-order valence-corrected chi connectivity index (χ4v) is 5.22. The Kier molecular flexibility index (Phi) is 11.5. The molecule has 3 aromatic carbocycles. The molecular weight excluding hydrogens is 616 g/mol. The van der Waals surface area contributed by atoms with E-state index in [1.54, 1.807) is 35.6 Å². The second-order valence-corrected chi connectivity index (χ2v) is 11.4. The Hall–Kier alpha value is -4.76. The maximum atomic E-state index is 13.9. The number of anilines is 1. The lowest BCUT2D eigenvalue weighted by molar-refractivity contribution is -0.138. The second-order valence-electron chi connectivity index (χ2n) is 11.0. The zero-order valence-corrected chi connectivity index (χ0v) is 26.2. The second kappa shape index (κ2) is 15.5. The summed E-state index contributed by atoms with van der Waals surface area (Å²) in [5.74, 6) is -0.846. The first-order chi connectivity index (χ1) is 22.0. The minimum absolute atomic E-state index is 0.0133. The highest BCUT2D eigenvalue weighted by Crippen LogP contribution is 2.32. The van der Waals surface area contributed by atoms with Crippen LogP contribution in [0.2, 0.25) is 0 Å². The lowest BCUT2D eigenvalue weighted by Crippen LogP contribution is -2.50. The van der Waals surface area contributed by atoms with Gasteiger partial charge in [-0.15, -0.1) is 0 Å². The summed E-state index contributed by atoms with van der Waals surface area (Å²) in [4.78, 5) is 19.2. The number of nitriles is 1. The number of benzene rings is 3. The van der Waals surface area contributed by atoms with E-state index in [-0.39, 0.29) is 42.0 Å². The maximum Gasteiger partial charge on any atom is 0.416 e. The monoisotopic (exact) mass is 650 g/mol. The van der Waals surface area contributed by atoms with Crippen LogP contribution in [0.3, 0.4) is 0 Å². The summed E-state index contributed by atoms with van der Waals surface area (Å²) in [7, 11) is 0. The van der Waals surface area contributed by atoms with Gasteiger partial charge in [0.1, 0.15) is 5.82 Å². The average Bonchev–Trinajstić information content (AvgIpc) is 3.45. The van der Waals surface area contributed by atoms with Crippen molar-refractivity contribution >= 4 is 28.9 Å². The highest BCUT2D eigenvalue weighted by Gasteiger charge is 2.34. The van der Waals surface area contributed by atoms with Gasteiger partial charge in [-0.1, -0.05) is 56.7 Å². The fourth-order valence-electron chi connectivity index (χ4n) is 4.96. The molecule has 0 spiro atoms. The number of nitrogens with one attached hydrogen (secondary N) is 2. The lowest BCUT2D eigenvalue weighted by atomic mass is 9.97. The topological polar surface area (TPSA) is 86.0 Å². The summed E-state index contributed by atoms with van der Waals surface area (Å²) >= 11 is 5.65. The normalized spacial score (nSPS) is 12.5. The van der Waals surface area contributed by atoms with Gasteiger partial charge in [0.15, 0.2) is 5.11 Å². The molecule has 240 valence electrons. The first-order valence-electron chi connectivity index (χ1n) is 14.7. The van der Waals surface area contributed by atoms with Crippen LogP contribution in [-0.4, -0.2) is 38.1 Å². The highest BCUT2D eigenvalue weighted by molar-refractivity contribution is 7.80. The van der Waals surface area contributed by atoms with Gasteiger partial charge in [0.25, 0.3) is 0 Å². The number of aromatic nitrogens is 2. The van der Waals surface area contributed by atoms with Gasteiger partial charge >= 0.3 is 6.18 Å². The number of carbonyl (C=O) groups is 1. The van der Waals surface area contributed by atoms with Gasteiger partial charge in [0.05, 0.1) is 29.9 Å². The number of halogens is 4. The summed E-state index contributed by atoms with van der Waals surface area (Å²) < 4.78 is 57.5. The van der Waals surface area contributed by atoms with E-state index in [1.165, 1.54) is 36.4 Å². The van der Waals surface area contributed by atoms with Crippen molar-refractivity contribution in [2.75, 3.05) is 11.9 Å². The van der Waals surface area contributed by atoms with Gasteiger partial charge < -0.3 is 20.1 Å². The van der Waals surface area contributed by atoms with Crippen molar-refractivity contribution in [2.45, 2.75) is 52.0 Å². The van der Waals surface area contributed by atoms with Crippen molar-refractivity contribution in [3.05, 3.63) is 119 Å². The molecule has 46 heavy (non-hydrogen) atoms. The maximum absolute atomic E-state index is 13.9. The summed E-state index contributed by atoms with van der Waals surface area (Å²) in [6.07, 6.45) is -0.640. The molecule has 4 aromatic rings. The third-order valence-corrected chi connectivity index (χ3v) is 8.08. The molecule has 1 heterocycles. The minimum Gasteiger partial charge on any atom is -0.351 e. The quantitative estimate of drug-likeness (QED) is 0.128. The van der Waals surface area contributed by atoms with Crippen LogP contribution in [0.15, 0.2) is 85.3 Å². The number of nitrogens with zero attached hydrogens (tertiary/aromatic N) is 4. The molecule has 0 bridgehead atoms. The van der Waals surface area contributed by atoms with Crippen molar-refractivity contribution < 1.29 is 22.4 Å². The summed E-state index contributed by atoms with van der Waals surface area (Å²) in [6.45, 7) is 4.26. The Balaban J connectivity index is 1.54. The molecule has 0 aliphatic rings. The molecular formula is C34H34F4N6OS. The molecule has 0 aliphatic carbocycles. The molecule has 0 saturated heterocycles. The van der Waals surface area contributed by atoms with E-state index < -0.39 is 23.6 Å². The van der Waals surface area contributed by atoms with Crippen molar-refractivity contribution in [1.29, 1.82) is 5.26 Å². The highest BCUT2D eigenvalue weighted by atomic mass is 32.1. The molecule has 0 fully saturated rings. The minimum atomic E-state index is -4.58. The molecule has 0 aliphatic heterocycles. The molecule has 12 heteroatoms. The van der Waals surface area contributed by atoms with Gasteiger partial charge in [0.2, 0.25) is 5.91 Å². The van der Waals surface area contributed by atoms with Crippen LogP contribution in [0.4, 0.5) is 23.2 Å². The molecule has 0 saturated carbocycles. The molecule has 2 N–H and O–H groups in total. The zero-order valence-electron chi connectivity index (χ0n) is 25.4. The van der Waals surface area contributed by atoms with Crippen LogP contribution in [0.1, 0.15) is 48.2 Å². The van der Waals surface area contributed by atoms with Gasteiger partial charge in [-0.3, -0.25) is 4.79 Å². The number of alkyl halides is 3. The third-order valence-electron chi connectivity index (χ3n) is 7.72. The van der Waals surface area contributed by atoms with E-state index in [0.717, 1.165) is 11.6 Å². The summed E-state index contributed by atoms with van der Waals surface area (Å²) in [5, 5.41) is 15.2. The van der Waals surface area contributed by atoms with Crippen molar-refractivity contribution in [2.24, 2.45) is 5.92 Å². The molecule has 1 amide bonds. The number of thiocarbonyl (C=S) groups is 1. The van der Waals surface area contributed by atoms with E-state index in [0.29, 0.717) is 29.9 Å². The lowest BCUT2D eigenvalue weighted by Gasteiger charge is -2.34. The first-order valence-corrected chi connectivity index (χ1v) is 15.1. The molecule has 0 unspecified atom stereocenters. The Morgan fingerprint density at radius 3 is 2.52 bits per heavy atom. The third kappa shape index (κ3) is 9.37. The fraction of sp³-hybridized carbons (Fsp3) is 0.294. The predicted octanol–water partition coefficient (Wildman–Crippen LogP) is 6.93. The van der Waals surface area contributed by atoms with E-state index in [9.17, 15) is 22.4 Å². The van der Waals surface area contributed by atoms with Gasteiger partial charge in [-0.25, -0.2) is 9.37 Å². The van der Waals surface area contributed by atoms with Crippen LogP contribution in [0.5, 0.6) is 0 Å². The Labute approximate surface area is 270 Å². The Bertz CT molecular complexity index is 1680. The van der Waals surface area contributed by atoms with Crippen LogP contribution in [0, 0.1) is 23.1 Å². The summed E-state index contributed by atoms with van der Waals surface area (Å²) in [6, 6.07) is 19.6. The Morgan fingerprint density at radius 1 is 1.11 bits per heavy atom. The molecule has 1 aromatic heterocycles. The SMILES string of the molecule is CC[C@H](C)[C@@H](CN(Cc1ccccc1C(F)(F)F)C(=S)Nc1cccc(F)c1)NC(=O)Cc1cncn1Cc1ccc(C#N)cc1. The molecule has 7 nitrogen and oxygen atoms in total. The van der Waals surface area contributed by atoms with Gasteiger partial charge in [-0.2, -0.15) is 18.4 Å². The number of rotatable bonds is 12. The van der Waals surface area contributed by atoms with Crippen molar-refractivity contribution in [1.82, 2.24) is 19.8 Å². The molecule has 4 rings (SSSR count). The number of carbonyl (C=O) groups excluding carboxylic acids is 1. The number of imidazole rings is 1. The van der Waals surface area contributed by atoms with E-state index in [1.807, 2.05) is 30.5 Å². The summed E-state index contributed by atoms with van der Waals surface area (Å²) in [5.41, 5.74) is 1.73. The van der Waals surface area contributed by atoms with Crippen molar-refractivity contribution in [3.8, 4) is 6.07 Å². The van der Waals surface area contributed by atoms with E-state index >= 15 is 0 Å². The van der Waals surface area contributed by atoms with Crippen LogP contribution in [0.25, 0.3) is 0 Å². The van der Waals surface area contributed by atoms with Crippen molar-refractivity contribution in [3.63, 3.8) is 0 Å². The Morgan fingerprint density at radius 2 is 1.85 bits per heavy atom. The largest absolute Gasteiger partial charge is 0.416 e. The average molecular weight is 651 g/mol. The van der Waals surface area contributed by atoms with Crippen LogP contribution in [-0.2, 0) is 30.5 Å². The number of hydrogen-bond donors (Lipinski definition) is 2.